The number of fused-ring (bicyclic) bond motifs is 1. The first-order valence-electron chi connectivity index (χ1n) is 8.65. The van der Waals surface area contributed by atoms with Gasteiger partial charge in [0.05, 0.1) is 4.88 Å². The Balaban J connectivity index is 1.63. The van der Waals surface area contributed by atoms with Gasteiger partial charge in [0, 0.05) is 35.5 Å². The van der Waals surface area contributed by atoms with Crippen LogP contribution < -0.4 is 15.5 Å². The molecule has 1 aliphatic heterocycles. The van der Waals surface area contributed by atoms with Gasteiger partial charge in [-0.1, -0.05) is 6.07 Å². The van der Waals surface area contributed by atoms with Crippen molar-refractivity contribution in [2.24, 2.45) is 0 Å². The molecular weight excluding hydrogens is 362 g/mol. The van der Waals surface area contributed by atoms with Crippen molar-refractivity contribution in [3.05, 3.63) is 46.2 Å². The molecule has 7 nitrogen and oxygen atoms in total. The molecule has 2 aromatic heterocycles. The number of nitrogens with one attached hydrogen (secondary N) is 2. The molecule has 138 valence electrons. The van der Waals surface area contributed by atoms with Crippen molar-refractivity contribution in [1.82, 2.24) is 15.3 Å². The first-order chi connectivity index (χ1) is 12.9. The maximum atomic E-state index is 12.9. The summed E-state index contributed by atoms with van der Waals surface area (Å²) in [6.07, 6.45) is 0. The molecule has 8 heteroatoms. The van der Waals surface area contributed by atoms with E-state index in [1.165, 1.54) is 11.3 Å². The maximum Gasteiger partial charge on any atom is 0.321 e. The second-order valence-electron chi connectivity index (χ2n) is 6.48. The van der Waals surface area contributed by atoms with Gasteiger partial charge < -0.3 is 10.6 Å². The van der Waals surface area contributed by atoms with Crippen LogP contribution in [0.4, 0.5) is 16.2 Å². The third-order valence-corrected chi connectivity index (χ3v) is 5.75. The Morgan fingerprint density at radius 1 is 1.26 bits per heavy atom. The lowest BCUT2D eigenvalue weighted by molar-refractivity contribution is 0.103. The second-order valence-corrected chi connectivity index (χ2v) is 7.48. The molecule has 27 heavy (non-hydrogen) atoms. The summed E-state index contributed by atoms with van der Waals surface area (Å²) in [5.41, 5.74) is 3.17. The van der Waals surface area contributed by atoms with E-state index in [1.54, 1.807) is 11.0 Å². The Labute approximate surface area is 160 Å². The zero-order valence-electron chi connectivity index (χ0n) is 15.3. The third kappa shape index (κ3) is 3.12. The fraction of sp³-hybridized carbons (Fsp3) is 0.263. The van der Waals surface area contributed by atoms with E-state index >= 15 is 0 Å². The Morgan fingerprint density at radius 3 is 2.81 bits per heavy atom. The minimum Gasteiger partial charge on any atom is -0.336 e. The number of nitrogens with zero attached hydrogens (tertiary/aromatic N) is 3. The predicted octanol–water partition coefficient (Wildman–Crippen LogP) is 3.40. The van der Waals surface area contributed by atoms with Crippen LogP contribution in [-0.4, -0.2) is 35.0 Å². The number of carbonyl (C=O) groups excluding carboxylic acids is 2. The van der Waals surface area contributed by atoms with Crippen LogP contribution in [0.5, 0.6) is 0 Å². The molecule has 0 radical (unpaired) electrons. The van der Waals surface area contributed by atoms with Gasteiger partial charge in [0.25, 0.3) is 5.91 Å². The topological polar surface area (TPSA) is 87.2 Å². The van der Waals surface area contributed by atoms with Crippen molar-refractivity contribution >= 4 is 44.9 Å². The number of rotatable bonds is 3. The van der Waals surface area contributed by atoms with Crippen LogP contribution in [-0.2, 0) is 0 Å². The van der Waals surface area contributed by atoms with Crippen molar-refractivity contribution in [1.29, 1.82) is 0 Å². The van der Waals surface area contributed by atoms with Crippen molar-refractivity contribution in [3.8, 4) is 0 Å². The molecule has 0 bridgehead atoms. The van der Waals surface area contributed by atoms with Gasteiger partial charge in [0.1, 0.15) is 10.7 Å². The molecule has 1 saturated heterocycles. The zero-order chi connectivity index (χ0) is 19.1. The van der Waals surface area contributed by atoms with Crippen molar-refractivity contribution in [2.75, 3.05) is 23.3 Å². The van der Waals surface area contributed by atoms with E-state index < -0.39 is 0 Å². The van der Waals surface area contributed by atoms with E-state index in [4.69, 9.17) is 0 Å². The smallest absolute Gasteiger partial charge is 0.321 e. The van der Waals surface area contributed by atoms with Crippen LogP contribution >= 0.6 is 11.3 Å². The van der Waals surface area contributed by atoms with E-state index in [1.807, 2.05) is 39.0 Å². The summed E-state index contributed by atoms with van der Waals surface area (Å²) in [6.45, 7) is 6.94. The van der Waals surface area contributed by atoms with Gasteiger partial charge in [-0.2, -0.15) is 0 Å². The molecule has 3 aromatic rings. The highest BCUT2D eigenvalue weighted by molar-refractivity contribution is 7.20. The molecular formula is C19H19N5O2S. The molecule has 0 atom stereocenters. The van der Waals surface area contributed by atoms with Crippen molar-refractivity contribution in [3.63, 3.8) is 0 Å². The fourth-order valence-electron chi connectivity index (χ4n) is 3.35. The number of benzene rings is 1. The number of anilines is 2. The molecule has 3 amide bonds. The molecule has 0 unspecified atom stereocenters. The monoisotopic (exact) mass is 381 g/mol. The molecule has 1 aliphatic rings. The second kappa shape index (κ2) is 6.62. The van der Waals surface area contributed by atoms with Gasteiger partial charge >= 0.3 is 6.03 Å². The first-order valence-corrected chi connectivity index (χ1v) is 9.47. The number of aromatic nitrogens is 2. The number of hydrogen-bond donors (Lipinski definition) is 2. The minimum atomic E-state index is -0.185. The molecule has 1 aromatic carbocycles. The predicted molar refractivity (Wildman–Crippen MR) is 107 cm³/mol. The maximum absolute atomic E-state index is 12.9. The van der Waals surface area contributed by atoms with Gasteiger partial charge in [0.2, 0.25) is 0 Å². The van der Waals surface area contributed by atoms with Gasteiger partial charge in [-0.05, 0) is 44.5 Å². The highest BCUT2D eigenvalue weighted by atomic mass is 32.1. The van der Waals surface area contributed by atoms with Crippen LogP contribution in [0.25, 0.3) is 10.2 Å². The van der Waals surface area contributed by atoms with E-state index in [9.17, 15) is 9.59 Å². The van der Waals surface area contributed by atoms with E-state index in [0.29, 0.717) is 29.5 Å². The number of hydrogen-bond acceptors (Lipinski definition) is 5. The molecule has 0 saturated carbocycles. The summed E-state index contributed by atoms with van der Waals surface area (Å²) >= 11 is 1.37. The van der Waals surface area contributed by atoms with E-state index in [-0.39, 0.29) is 11.9 Å². The lowest BCUT2D eigenvalue weighted by Crippen LogP contribution is -2.27. The number of carbonyl (C=O) groups is 2. The highest BCUT2D eigenvalue weighted by Gasteiger charge is 2.22. The standard InChI is InChI=1S/C19H19N5O2S/c1-10-15-11(2)21-12(3)22-18(15)27-16(10)17(25)23-13-5-4-6-14(9-13)24-8-7-20-19(24)26/h4-6,9H,7-8H2,1-3H3,(H,20,26)(H,23,25). The van der Waals surface area contributed by atoms with Crippen LogP contribution in [0.2, 0.25) is 0 Å². The normalized spacial score (nSPS) is 13.9. The highest BCUT2D eigenvalue weighted by Crippen LogP contribution is 2.32. The molecule has 4 rings (SSSR count). The molecule has 1 fully saturated rings. The van der Waals surface area contributed by atoms with Crippen molar-refractivity contribution < 1.29 is 9.59 Å². The quantitative estimate of drug-likeness (QED) is 0.728. The number of urea groups is 1. The summed E-state index contributed by atoms with van der Waals surface area (Å²) in [4.78, 5) is 36.7. The largest absolute Gasteiger partial charge is 0.336 e. The summed E-state index contributed by atoms with van der Waals surface area (Å²) in [7, 11) is 0. The van der Waals surface area contributed by atoms with E-state index in [0.717, 1.165) is 27.2 Å². The number of thiophene rings is 1. The zero-order valence-corrected chi connectivity index (χ0v) is 16.1. The van der Waals surface area contributed by atoms with Crippen LogP contribution in [0.15, 0.2) is 24.3 Å². The summed E-state index contributed by atoms with van der Waals surface area (Å²) in [6, 6.07) is 7.18. The lowest BCUT2D eigenvalue weighted by Gasteiger charge is -2.15. The number of aryl methyl sites for hydroxylation is 3. The van der Waals surface area contributed by atoms with Crippen LogP contribution in [0.1, 0.15) is 26.8 Å². The van der Waals surface area contributed by atoms with Gasteiger partial charge in [-0.3, -0.25) is 9.69 Å². The van der Waals surface area contributed by atoms with Crippen LogP contribution in [0, 0.1) is 20.8 Å². The van der Waals surface area contributed by atoms with Crippen molar-refractivity contribution in [2.45, 2.75) is 20.8 Å². The van der Waals surface area contributed by atoms with Gasteiger partial charge in [0.15, 0.2) is 0 Å². The average Bonchev–Trinajstić information content (AvgIpc) is 3.18. The molecule has 0 spiro atoms. The lowest BCUT2D eigenvalue weighted by atomic mass is 10.1. The van der Waals surface area contributed by atoms with Gasteiger partial charge in [-0.25, -0.2) is 14.8 Å². The minimum absolute atomic E-state index is 0.122. The SMILES string of the molecule is Cc1nc(C)c2c(C)c(C(=O)Nc3cccc(N4CCNC4=O)c3)sc2n1. The Hall–Kier alpha value is -3.00. The Bertz CT molecular complexity index is 1080. The summed E-state index contributed by atoms with van der Waals surface area (Å²) in [5.74, 6) is 0.514. The number of amides is 3. The van der Waals surface area contributed by atoms with Crippen LogP contribution in [0.3, 0.4) is 0 Å². The molecule has 0 aliphatic carbocycles. The summed E-state index contributed by atoms with van der Waals surface area (Å²) in [5, 5.41) is 6.66. The molecule has 2 N–H and O–H groups in total. The molecule has 3 heterocycles. The fourth-order valence-corrected chi connectivity index (χ4v) is 4.52. The first kappa shape index (κ1) is 17.4. The average molecular weight is 381 g/mol. The Morgan fingerprint density at radius 2 is 2.07 bits per heavy atom. The summed E-state index contributed by atoms with van der Waals surface area (Å²) < 4.78 is 0. The Kier molecular flexibility index (Phi) is 4.27. The van der Waals surface area contributed by atoms with Gasteiger partial charge in [-0.15, -0.1) is 11.3 Å². The third-order valence-electron chi connectivity index (χ3n) is 4.56. The van der Waals surface area contributed by atoms with E-state index in [2.05, 4.69) is 20.6 Å².